The van der Waals surface area contributed by atoms with Gasteiger partial charge in [-0.2, -0.15) is 11.8 Å². The van der Waals surface area contributed by atoms with Crippen LogP contribution in [0.1, 0.15) is 31.7 Å². The van der Waals surface area contributed by atoms with Gasteiger partial charge in [0, 0.05) is 17.8 Å². The smallest absolute Gasteiger partial charge is 0.160 e. The molecule has 0 aliphatic heterocycles. The van der Waals surface area contributed by atoms with Gasteiger partial charge in [-0.15, -0.1) is 0 Å². The molecule has 1 aliphatic carbocycles. The molecule has 0 aromatic heterocycles. The average Bonchev–Trinajstić information content (AvgIpc) is 2.86. The van der Waals surface area contributed by atoms with Crippen molar-refractivity contribution >= 4 is 11.8 Å². The number of methoxy groups -OCH3 is 1. The summed E-state index contributed by atoms with van der Waals surface area (Å²) in [5, 5.41) is 14.0. The molecule has 1 saturated carbocycles. The van der Waals surface area contributed by atoms with Crippen molar-refractivity contribution in [2.24, 2.45) is 0 Å². The maximum Gasteiger partial charge on any atom is 0.160 e. The topological polar surface area (TPSA) is 41.5 Å². The van der Waals surface area contributed by atoms with Gasteiger partial charge in [-0.1, -0.05) is 19.4 Å². The first-order valence-corrected chi connectivity index (χ1v) is 8.00. The van der Waals surface area contributed by atoms with Gasteiger partial charge in [-0.3, -0.25) is 0 Å². The van der Waals surface area contributed by atoms with Gasteiger partial charge >= 0.3 is 0 Å². The van der Waals surface area contributed by atoms with Crippen molar-refractivity contribution in [3.8, 4) is 11.5 Å². The first-order valence-electron chi connectivity index (χ1n) is 6.95. The first kappa shape index (κ1) is 14.5. The highest BCUT2D eigenvalue weighted by Gasteiger charge is 2.26. The maximum atomic E-state index is 9.58. The molecule has 2 atom stereocenters. The minimum absolute atomic E-state index is 0.200. The zero-order valence-corrected chi connectivity index (χ0v) is 12.5. The van der Waals surface area contributed by atoms with Crippen molar-refractivity contribution < 1.29 is 9.84 Å². The second kappa shape index (κ2) is 7.06. The highest BCUT2D eigenvalue weighted by Crippen LogP contribution is 2.30. The first-order chi connectivity index (χ1) is 9.24. The minimum Gasteiger partial charge on any atom is -0.504 e. The van der Waals surface area contributed by atoms with Gasteiger partial charge in [0.1, 0.15) is 0 Å². The van der Waals surface area contributed by atoms with E-state index in [1.165, 1.54) is 25.0 Å². The van der Waals surface area contributed by atoms with Gasteiger partial charge in [0.25, 0.3) is 0 Å². The number of hydrogen-bond donors (Lipinski definition) is 2. The summed E-state index contributed by atoms with van der Waals surface area (Å²) < 4.78 is 5.14. The van der Waals surface area contributed by atoms with Crippen LogP contribution in [0.3, 0.4) is 0 Å². The lowest BCUT2D eigenvalue weighted by atomic mass is 10.1. The van der Waals surface area contributed by atoms with E-state index in [2.05, 4.69) is 24.0 Å². The number of phenols is 1. The normalized spacial score (nSPS) is 22.6. The van der Waals surface area contributed by atoms with Crippen molar-refractivity contribution in [3.63, 3.8) is 0 Å². The molecule has 0 bridgehead atoms. The van der Waals surface area contributed by atoms with Gasteiger partial charge in [-0.05, 0) is 36.3 Å². The van der Waals surface area contributed by atoms with Gasteiger partial charge in [0.2, 0.25) is 0 Å². The molecule has 19 heavy (non-hydrogen) atoms. The molecule has 106 valence electrons. The van der Waals surface area contributed by atoms with Crippen molar-refractivity contribution in [3.05, 3.63) is 23.8 Å². The summed E-state index contributed by atoms with van der Waals surface area (Å²) in [4.78, 5) is 0. The zero-order valence-electron chi connectivity index (χ0n) is 11.7. The summed E-state index contributed by atoms with van der Waals surface area (Å²) in [5.41, 5.74) is 1.15. The van der Waals surface area contributed by atoms with Gasteiger partial charge < -0.3 is 15.2 Å². The van der Waals surface area contributed by atoms with Crippen molar-refractivity contribution in [2.75, 3.05) is 12.9 Å². The summed E-state index contributed by atoms with van der Waals surface area (Å²) >= 11 is 2.07. The number of rotatable bonds is 6. The van der Waals surface area contributed by atoms with E-state index in [0.29, 0.717) is 11.8 Å². The van der Waals surface area contributed by atoms with Crippen LogP contribution in [-0.2, 0) is 6.54 Å². The Labute approximate surface area is 119 Å². The van der Waals surface area contributed by atoms with Crippen molar-refractivity contribution in [1.82, 2.24) is 5.32 Å². The Morgan fingerprint density at radius 1 is 1.42 bits per heavy atom. The predicted molar refractivity (Wildman–Crippen MR) is 81.1 cm³/mol. The van der Waals surface area contributed by atoms with Crippen LogP contribution < -0.4 is 10.1 Å². The third-order valence-corrected chi connectivity index (χ3v) is 4.97. The Morgan fingerprint density at radius 3 is 3.00 bits per heavy atom. The molecule has 2 rings (SSSR count). The van der Waals surface area contributed by atoms with Crippen LogP contribution >= 0.6 is 11.8 Å². The average molecular weight is 281 g/mol. The van der Waals surface area contributed by atoms with E-state index in [9.17, 15) is 5.11 Å². The third-order valence-electron chi connectivity index (χ3n) is 3.65. The van der Waals surface area contributed by atoms with E-state index in [4.69, 9.17) is 4.74 Å². The second-order valence-electron chi connectivity index (χ2n) is 4.92. The molecule has 1 aliphatic rings. The van der Waals surface area contributed by atoms with Crippen LogP contribution in [0.25, 0.3) is 0 Å². The molecule has 4 heteroatoms. The molecule has 1 aromatic rings. The van der Waals surface area contributed by atoms with Crippen LogP contribution in [0, 0.1) is 0 Å². The van der Waals surface area contributed by atoms with E-state index in [0.717, 1.165) is 17.4 Å². The largest absolute Gasteiger partial charge is 0.504 e. The van der Waals surface area contributed by atoms with E-state index in [-0.39, 0.29) is 5.75 Å². The number of phenolic OH excluding ortho intramolecular Hbond substituents is 1. The Morgan fingerprint density at radius 2 is 2.26 bits per heavy atom. The Hall–Kier alpha value is -0.870. The molecule has 0 radical (unpaired) electrons. The quantitative estimate of drug-likeness (QED) is 0.840. The molecule has 3 nitrogen and oxygen atoms in total. The summed E-state index contributed by atoms with van der Waals surface area (Å²) in [7, 11) is 1.58. The number of aromatic hydroxyl groups is 1. The summed E-state index contributed by atoms with van der Waals surface area (Å²) in [5.74, 6) is 1.94. The molecule has 0 heterocycles. The maximum absolute atomic E-state index is 9.58. The standard InChI is InChI=1S/C15H23NO2S/c1-3-19-15-6-4-5-12(15)16-10-11-7-8-13(17)14(9-11)18-2/h7-9,12,15-17H,3-6,10H2,1-2H3. The number of ether oxygens (including phenoxy) is 1. The summed E-state index contributed by atoms with van der Waals surface area (Å²) in [6.07, 6.45) is 3.93. The lowest BCUT2D eigenvalue weighted by Crippen LogP contribution is -2.33. The fourth-order valence-electron chi connectivity index (χ4n) is 2.65. The highest BCUT2D eigenvalue weighted by molar-refractivity contribution is 7.99. The Bertz CT molecular complexity index is 411. The molecule has 0 amide bonds. The van der Waals surface area contributed by atoms with Crippen molar-refractivity contribution in [2.45, 2.75) is 44.0 Å². The summed E-state index contributed by atoms with van der Waals surface area (Å²) in [6, 6.07) is 6.16. The molecule has 0 spiro atoms. The zero-order chi connectivity index (χ0) is 13.7. The van der Waals surface area contributed by atoms with E-state index >= 15 is 0 Å². The number of benzene rings is 1. The lowest BCUT2D eigenvalue weighted by Gasteiger charge is -2.20. The van der Waals surface area contributed by atoms with E-state index in [1.54, 1.807) is 13.2 Å². The van der Waals surface area contributed by atoms with Crippen LogP contribution in [0.4, 0.5) is 0 Å². The van der Waals surface area contributed by atoms with Crippen LogP contribution in [-0.4, -0.2) is 29.3 Å². The molecule has 1 aromatic carbocycles. The number of thioether (sulfide) groups is 1. The third kappa shape index (κ3) is 3.80. The molecular weight excluding hydrogens is 258 g/mol. The van der Waals surface area contributed by atoms with Crippen LogP contribution in [0.2, 0.25) is 0 Å². The molecular formula is C15H23NO2S. The SMILES string of the molecule is CCSC1CCCC1NCc1ccc(O)c(OC)c1. The van der Waals surface area contributed by atoms with E-state index < -0.39 is 0 Å². The molecule has 1 fully saturated rings. The van der Waals surface area contributed by atoms with Gasteiger partial charge in [-0.25, -0.2) is 0 Å². The van der Waals surface area contributed by atoms with Gasteiger partial charge in [0.15, 0.2) is 11.5 Å². The van der Waals surface area contributed by atoms with Crippen LogP contribution in [0.15, 0.2) is 18.2 Å². The Balaban J connectivity index is 1.91. The second-order valence-corrected chi connectivity index (χ2v) is 6.43. The summed E-state index contributed by atoms with van der Waals surface area (Å²) in [6.45, 7) is 3.06. The fourth-order valence-corrected chi connectivity index (χ4v) is 3.88. The molecule has 0 saturated heterocycles. The molecule has 2 N–H and O–H groups in total. The predicted octanol–water partition coefficient (Wildman–Crippen LogP) is 3.16. The number of hydrogen-bond acceptors (Lipinski definition) is 4. The Kier molecular flexibility index (Phi) is 5.40. The van der Waals surface area contributed by atoms with E-state index in [1.807, 2.05) is 12.1 Å². The minimum atomic E-state index is 0.200. The van der Waals surface area contributed by atoms with Gasteiger partial charge in [0.05, 0.1) is 7.11 Å². The monoisotopic (exact) mass is 281 g/mol. The molecule has 2 unspecified atom stereocenters. The lowest BCUT2D eigenvalue weighted by molar-refractivity contribution is 0.372. The highest BCUT2D eigenvalue weighted by atomic mass is 32.2. The van der Waals surface area contributed by atoms with Crippen molar-refractivity contribution in [1.29, 1.82) is 0 Å². The fraction of sp³-hybridized carbons (Fsp3) is 0.600. The van der Waals surface area contributed by atoms with Crippen LogP contribution in [0.5, 0.6) is 11.5 Å². The number of nitrogens with one attached hydrogen (secondary N) is 1.